The van der Waals surface area contributed by atoms with E-state index in [0.29, 0.717) is 18.2 Å². The summed E-state index contributed by atoms with van der Waals surface area (Å²) in [6.07, 6.45) is 0. The first-order valence-electron chi connectivity index (χ1n) is 7.29. The zero-order valence-electron chi connectivity index (χ0n) is 14.8. The fraction of sp³-hybridized carbons (Fsp3) is 0. The maximum absolute atomic E-state index is 12.8. The standard InChI is InChI=1S/C12H13Cl2N5O8S4/c13-5-1-7(15)11(3-9(5)28(16,20)21)31(26,27)19-8-2-6(14)10(29(17,22)23)4-12(8)30(18,24)25/h1-4,19H,15H2,(H2,16,20,21)(H2,17,22,23)(H2,18,24,25). The molecule has 13 nitrogen and oxygen atoms in total. The van der Waals surface area contributed by atoms with E-state index in [4.69, 9.17) is 44.4 Å². The lowest BCUT2D eigenvalue weighted by atomic mass is 10.3. The first-order chi connectivity index (χ1) is 13.7. The maximum atomic E-state index is 12.8. The van der Waals surface area contributed by atoms with Crippen LogP contribution in [0.15, 0.2) is 43.8 Å². The molecule has 2 rings (SSSR count). The van der Waals surface area contributed by atoms with Crippen LogP contribution in [0.2, 0.25) is 10.0 Å². The summed E-state index contributed by atoms with van der Waals surface area (Å²) >= 11 is 11.5. The molecule has 0 spiro atoms. The number of hydrogen-bond donors (Lipinski definition) is 5. The summed E-state index contributed by atoms with van der Waals surface area (Å²) in [5.41, 5.74) is 4.31. The number of primary sulfonamides is 3. The van der Waals surface area contributed by atoms with Gasteiger partial charge in [-0.25, -0.2) is 49.1 Å². The molecule has 0 saturated heterocycles. The summed E-state index contributed by atoms with van der Waals surface area (Å²) in [5.74, 6) is 0. The number of rotatable bonds is 6. The molecular weight excluding hydrogens is 541 g/mol. The van der Waals surface area contributed by atoms with E-state index < -0.39 is 81.1 Å². The molecule has 0 radical (unpaired) electrons. The molecule has 19 heteroatoms. The Morgan fingerprint density at radius 2 is 1.00 bits per heavy atom. The lowest BCUT2D eigenvalue weighted by Crippen LogP contribution is -2.22. The molecule has 2 aromatic carbocycles. The molecule has 0 aliphatic carbocycles. The van der Waals surface area contributed by atoms with Crippen molar-refractivity contribution < 1.29 is 33.7 Å². The minimum Gasteiger partial charge on any atom is -0.398 e. The molecule has 0 amide bonds. The van der Waals surface area contributed by atoms with Gasteiger partial charge in [-0.15, -0.1) is 0 Å². The summed E-state index contributed by atoms with van der Waals surface area (Å²) in [6.45, 7) is 0. The normalized spacial score (nSPS) is 13.2. The molecular formula is C12H13Cl2N5O8S4. The van der Waals surface area contributed by atoms with Crippen LogP contribution in [0, 0.1) is 0 Å². The average molecular weight is 554 g/mol. The molecule has 0 heterocycles. The van der Waals surface area contributed by atoms with Crippen LogP contribution >= 0.6 is 23.2 Å². The van der Waals surface area contributed by atoms with Crippen LogP contribution in [-0.2, 0) is 40.1 Å². The van der Waals surface area contributed by atoms with E-state index in [1.54, 1.807) is 4.72 Å². The van der Waals surface area contributed by atoms with Gasteiger partial charge in [-0.3, -0.25) is 4.72 Å². The minimum absolute atomic E-state index is 0.450. The molecule has 0 aliphatic rings. The van der Waals surface area contributed by atoms with Gasteiger partial charge in [0, 0.05) is 0 Å². The van der Waals surface area contributed by atoms with E-state index >= 15 is 0 Å². The van der Waals surface area contributed by atoms with E-state index in [1.807, 2.05) is 0 Å². The molecule has 0 atom stereocenters. The van der Waals surface area contributed by atoms with Crippen molar-refractivity contribution in [3.8, 4) is 0 Å². The van der Waals surface area contributed by atoms with Crippen LogP contribution in [0.25, 0.3) is 0 Å². The quantitative estimate of drug-likeness (QED) is 0.283. The number of sulfonamides is 4. The van der Waals surface area contributed by atoms with Gasteiger partial charge in [0.05, 0.1) is 21.4 Å². The Morgan fingerprint density at radius 3 is 1.42 bits per heavy atom. The molecule has 9 N–H and O–H groups in total. The summed E-state index contributed by atoms with van der Waals surface area (Å²) in [7, 11) is -18.5. The molecule has 0 unspecified atom stereocenters. The molecule has 0 saturated carbocycles. The van der Waals surface area contributed by atoms with Gasteiger partial charge in [0.15, 0.2) is 0 Å². The van der Waals surface area contributed by atoms with Gasteiger partial charge in [-0.2, -0.15) is 0 Å². The highest BCUT2D eigenvalue weighted by atomic mass is 35.5. The molecule has 0 aliphatic heterocycles. The van der Waals surface area contributed by atoms with Crippen LogP contribution in [0.1, 0.15) is 0 Å². The number of benzene rings is 2. The second-order valence-electron chi connectivity index (χ2n) is 5.84. The summed E-state index contributed by atoms with van der Waals surface area (Å²) in [4.78, 5) is -3.46. The van der Waals surface area contributed by atoms with Crippen LogP contribution < -0.4 is 25.9 Å². The van der Waals surface area contributed by atoms with E-state index in [2.05, 4.69) is 0 Å². The van der Waals surface area contributed by atoms with Crippen LogP contribution in [0.5, 0.6) is 0 Å². The first-order valence-corrected chi connectivity index (χ1v) is 14.2. The SMILES string of the molecule is Nc1cc(Cl)c(S(N)(=O)=O)cc1S(=O)(=O)Nc1cc(Cl)c(S(N)(=O)=O)cc1S(N)(=O)=O. The molecule has 0 bridgehead atoms. The first kappa shape index (κ1) is 25.6. The molecule has 172 valence electrons. The third-order valence-electron chi connectivity index (χ3n) is 3.55. The van der Waals surface area contributed by atoms with E-state index in [-0.39, 0.29) is 0 Å². The van der Waals surface area contributed by atoms with Gasteiger partial charge in [-0.1, -0.05) is 23.2 Å². The summed E-state index contributed by atoms with van der Waals surface area (Å²) in [6, 6.07) is 2.43. The third-order valence-corrected chi connectivity index (χ3v) is 8.68. The van der Waals surface area contributed by atoms with Crippen LogP contribution in [0.3, 0.4) is 0 Å². The Hall–Kier alpha value is -1.70. The van der Waals surface area contributed by atoms with E-state index in [0.717, 1.165) is 6.07 Å². The van der Waals surface area contributed by atoms with Crippen molar-refractivity contribution in [2.24, 2.45) is 15.4 Å². The smallest absolute Gasteiger partial charge is 0.264 e. The van der Waals surface area contributed by atoms with Crippen molar-refractivity contribution in [1.82, 2.24) is 0 Å². The number of hydrogen-bond acceptors (Lipinski definition) is 9. The highest BCUT2D eigenvalue weighted by Crippen LogP contribution is 2.34. The molecule has 31 heavy (non-hydrogen) atoms. The second-order valence-corrected chi connectivity index (χ2v) is 12.9. The van der Waals surface area contributed by atoms with Crippen molar-refractivity contribution in [2.75, 3.05) is 10.5 Å². The van der Waals surface area contributed by atoms with E-state index in [1.165, 1.54) is 0 Å². The van der Waals surface area contributed by atoms with Crippen molar-refractivity contribution in [2.45, 2.75) is 19.6 Å². The Bertz CT molecular complexity index is 1520. The summed E-state index contributed by atoms with van der Waals surface area (Å²) < 4.78 is 97.6. The predicted molar refractivity (Wildman–Crippen MR) is 112 cm³/mol. The van der Waals surface area contributed by atoms with Gasteiger partial charge >= 0.3 is 0 Å². The fourth-order valence-corrected chi connectivity index (χ4v) is 6.60. The third kappa shape index (κ3) is 5.57. The Labute approximate surface area is 187 Å². The number of nitrogens with one attached hydrogen (secondary N) is 1. The van der Waals surface area contributed by atoms with Crippen molar-refractivity contribution in [1.29, 1.82) is 0 Å². The number of nitrogens with two attached hydrogens (primary N) is 4. The van der Waals surface area contributed by atoms with Crippen molar-refractivity contribution in [3.63, 3.8) is 0 Å². The lowest BCUT2D eigenvalue weighted by molar-refractivity contribution is 0.594. The largest absolute Gasteiger partial charge is 0.398 e. The van der Waals surface area contributed by atoms with Crippen molar-refractivity contribution in [3.05, 3.63) is 34.3 Å². The van der Waals surface area contributed by atoms with Crippen LogP contribution in [0.4, 0.5) is 11.4 Å². The maximum Gasteiger partial charge on any atom is 0.264 e. The monoisotopic (exact) mass is 553 g/mol. The fourth-order valence-electron chi connectivity index (χ4n) is 2.27. The average Bonchev–Trinajstić information content (AvgIpc) is 2.50. The Kier molecular flexibility index (Phi) is 6.61. The Balaban J connectivity index is 2.78. The van der Waals surface area contributed by atoms with Crippen molar-refractivity contribution >= 4 is 74.7 Å². The van der Waals surface area contributed by atoms with Gasteiger partial charge in [0.25, 0.3) is 10.0 Å². The van der Waals surface area contributed by atoms with Gasteiger partial charge in [0.2, 0.25) is 30.1 Å². The molecule has 0 aromatic heterocycles. The topological polar surface area (TPSA) is 253 Å². The van der Waals surface area contributed by atoms with Gasteiger partial charge < -0.3 is 5.73 Å². The van der Waals surface area contributed by atoms with Gasteiger partial charge in [-0.05, 0) is 24.3 Å². The summed E-state index contributed by atoms with van der Waals surface area (Å²) in [5, 5.41) is 13.8. The highest BCUT2D eigenvalue weighted by molar-refractivity contribution is 7.93. The number of nitrogen functional groups attached to an aromatic ring is 1. The highest BCUT2D eigenvalue weighted by Gasteiger charge is 2.28. The van der Waals surface area contributed by atoms with Crippen LogP contribution in [-0.4, -0.2) is 33.7 Å². The zero-order chi connectivity index (χ0) is 24.2. The zero-order valence-corrected chi connectivity index (χ0v) is 19.6. The minimum atomic E-state index is -4.80. The molecule has 0 fully saturated rings. The lowest BCUT2D eigenvalue weighted by Gasteiger charge is -2.15. The van der Waals surface area contributed by atoms with Gasteiger partial charge in [0.1, 0.15) is 19.6 Å². The number of halogens is 2. The Morgan fingerprint density at radius 1 is 0.613 bits per heavy atom. The second kappa shape index (κ2) is 8.01. The predicted octanol–water partition coefficient (Wildman–Crippen LogP) is -0.681. The van der Waals surface area contributed by atoms with E-state index in [9.17, 15) is 33.7 Å². The molecule has 2 aromatic rings. The number of anilines is 2.